The summed E-state index contributed by atoms with van der Waals surface area (Å²) in [5.74, 6) is 0. The van der Waals surface area contributed by atoms with E-state index in [9.17, 15) is 0 Å². The highest BCUT2D eigenvalue weighted by Gasteiger charge is 2.20. The molecule has 1 atom stereocenters. The molecule has 0 saturated heterocycles. The molecule has 1 fully saturated rings. The van der Waals surface area contributed by atoms with Gasteiger partial charge in [-0.05, 0) is 30.7 Å². The van der Waals surface area contributed by atoms with E-state index in [1.807, 2.05) is 0 Å². The number of hydrogen-bond acceptors (Lipinski definition) is 0. The molecule has 1 aliphatic carbocycles. The van der Waals surface area contributed by atoms with E-state index in [1.165, 1.54) is 23.7 Å². The van der Waals surface area contributed by atoms with Gasteiger partial charge in [0.05, 0.1) is 0 Å². The number of benzene rings is 1. The Labute approximate surface area is 69.8 Å². The van der Waals surface area contributed by atoms with Crippen molar-refractivity contribution in [1.29, 1.82) is 0 Å². The first-order valence-corrected chi connectivity index (χ1v) is 5.25. The van der Waals surface area contributed by atoms with Crippen molar-refractivity contribution in [1.82, 2.24) is 0 Å². The molecule has 1 unspecified atom stereocenters. The van der Waals surface area contributed by atoms with Gasteiger partial charge in [-0.25, -0.2) is 0 Å². The summed E-state index contributed by atoms with van der Waals surface area (Å²) in [6.45, 7) is 2.14. The van der Waals surface area contributed by atoms with Crippen LogP contribution in [0.4, 0.5) is 0 Å². The maximum Gasteiger partial charge on any atom is -0.0196 e. The highest BCUT2D eigenvalue weighted by molar-refractivity contribution is 7.48. The molecule has 1 saturated carbocycles. The lowest BCUT2D eigenvalue weighted by Crippen LogP contribution is -1.93. The first kappa shape index (κ1) is 7.31. The van der Waals surface area contributed by atoms with Crippen LogP contribution in [0.15, 0.2) is 24.3 Å². The summed E-state index contributed by atoms with van der Waals surface area (Å²) in [6.07, 6.45) is 2.93. The van der Waals surface area contributed by atoms with Crippen molar-refractivity contribution in [3.63, 3.8) is 0 Å². The zero-order valence-corrected chi connectivity index (χ0v) is 7.80. The van der Waals surface area contributed by atoms with E-state index in [2.05, 4.69) is 31.2 Å². The van der Waals surface area contributed by atoms with Crippen molar-refractivity contribution in [3.8, 4) is 0 Å². The van der Waals surface area contributed by atoms with E-state index in [1.54, 1.807) is 0 Å². The number of hydrogen-bond donors (Lipinski definition) is 0. The smallest absolute Gasteiger partial charge is 0.0196 e. The topological polar surface area (TPSA) is 0 Å². The molecule has 1 aromatic rings. The van der Waals surface area contributed by atoms with Crippen molar-refractivity contribution in [2.24, 2.45) is 0 Å². The van der Waals surface area contributed by atoms with Gasteiger partial charge in [-0.2, -0.15) is 0 Å². The van der Waals surface area contributed by atoms with Gasteiger partial charge in [0.15, 0.2) is 0 Å². The molecule has 0 amide bonds. The Morgan fingerprint density at radius 3 is 2.36 bits per heavy atom. The standard InChI is InChI=1S/C10H13P/c1-8-2-4-9(5-3-8)11-10-6-7-10/h2-5,10-11H,6-7H2,1H3. The zero-order valence-electron chi connectivity index (χ0n) is 6.80. The van der Waals surface area contributed by atoms with Crippen LogP contribution >= 0.6 is 8.58 Å². The Bertz CT molecular complexity index is 234. The van der Waals surface area contributed by atoms with E-state index in [-0.39, 0.29) is 0 Å². The molecule has 0 nitrogen and oxygen atoms in total. The minimum absolute atomic E-state index is 1.04. The summed E-state index contributed by atoms with van der Waals surface area (Å²) < 4.78 is 0. The summed E-state index contributed by atoms with van der Waals surface area (Å²) in [4.78, 5) is 0. The van der Waals surface area contributed by atoms with Crippen LogP contribution < -0.4 is 5.30 Å². The van der Waals surface area contributed by atoms with Crippen LogP contribution in [0.2, 0.25) is 0 Å². The number of aryl methyl sites for hydroxylation is 1. The molecule has 2 rings (SSSR count). The lowest BCUT2D eigenvalue weighted by Gasteiger charge is -1.98. The van der Waals surface area contributed by atoms with Crippen molar-refractivity contribution >= 4 is 13.9 Å². The Balaban J connectivity index is 2.06. The molecule has 0 N–H and O–H groups in total. The van der Waals surface area contributed by atoms with E-state index < -0.39 is 0 Å². The molecule has 0 aromatic heterocycles. The Morgan fingerprint density at radius 1 is 1.18 bits per heavy atom. The van der Waals surface area contributed by atoms with Gasteiger partial charge in [0.2, 0.25) is 0 Å². The highest BCUT2D eigenvalue weighted by atomic mass is 31.1. The van der Waals surface area contributed by atoms with Gasteiger partial charge in [-0.1, -0.05) is 38.4 Å². The molecular formula is C10H13P. The monoisotopic (exact) mass is 164 g/mol. The maximum absolute atomic E-state index is 2.27. The molecule has 0 spiro atoms. The fraction of sp³-hybridized carbons (Fsp3) is 0.400. The normalized spacial score (nSPS) is 17.9. The maximum atomic E-state index is 2.27. The summed E-state index contributed by atoms with van der Waals surface area (Å²) >= 11 is 0. The Kier molecular flexibility index (Phi) is 1.96. The van der Waals surface area contributed by atoms with Crippen molar-refractivity contribution in [2.45, 2.75) is 25.4 Å². The van der Waals surface area contributed by atoms with Crippen LogP contribution in [0.5, 0.6) is 0 Å². The molecule has 0 heterocycles. The van der Waals surface area contributed by atoms with Gasteiger partial charge < -0.3 is 0 Å². The van der Waals surface area contributed by atoms with Crippen molar-refractivity contribution in [2.75, 3.05) is 0 Å². The second-order valence-corrected chi connectivity index (χ2v) is 4.97. The minimum atomic E-state index is 1.04. The lowest BCUT2D eigenvalue weighted by molar-refractivity contribution is 1.48. The third kappa shape index (κ3) is 2.04. The van der Waals surface area contributed by atoms with Crippen LogP contribution in [0.25, 0.3) is 0 Å². The molecule has 1 heteroatoms. The molecule has 11 heavy (non-hydrogen) atoms. The van der Waals surface area contributed by atoms with Crippen molar-refractivity contribution < 1.29 is 0 Å². The average molecular weight is 164 g/mol. The van der Waals surface area contributed by atoms with Crippen LogP contribution in [0, 0.1) is 6.92 Å². The van der Waals surface area contributed by atoms with Gasteiger partial charge >= 0.3 is 0 Å². The quantitative estimate of drug-likeness (QED) is 0.589. The fourth-order valence-electron chi connectivity index (χ4n) is 1.11. The first-order chi connectivity index (χ1) is 5.34. The van der Waals surface area contributed by atoms with Gasteiger partial charge in [-0.3, -0.25) is 0 Å². The van der Waals surface area contributed by atoms with E-state index in [4.69, 9.17) is 0 Å². The van der Waals surface area contributed by atoms with Crippen LogP contribution in [0.1, 0.15) is 18.4 Å². The summed E-state index contributed by atoms with van der Waals surface area (Å²) in [5, 5.41) is 1.54. The molecule has 58 valence electrons. The summed E-state index contributed by atoms with van der Waals surface area (Å²) in [6, 6.07) is 8.97. The predicted molar refractivity (Wildman–Crippen MR) is 52.2 cm³/mol. The molecular weight excluding hydrogens is 151 g/mol. The van der Waals surface area contributed by atoms with Gasteiger partial charge in [0.1, 0.15) is 0 Å². The predicted octanol–water partition coefficient (Wildman–Crippen LogP) is 2.46. The molecule has 1 aliphatic rings. The Hall–Kier alpha value is -0.350. The first-order valence-electron chi connectivity index (χ1n) is 4.18. The molecule has 0 radical (unpaired) electrons. The van der Waals surface area contributed by atoms with Crippen molar-refractivity contribution in [3.05, 3.63) is 29.8 Å². The minimum Gasteiger partial charge on any atom is -0.0872 e. The van der Waals surface area contributed by atoms with Crippen LogP contribution in [-0.4, -0.2) is 5.66 Å². The van der Waals surface area contributed by atoms with E-state index >= 15 is 0 Å². The second-order valence-electron chi connectivity index (χ2n) is 3.28. The molecule has 0 aliphatic heterocycles. The third-order valence-electron chi connectivity index (χ3n) is 2.00. The van der Waals surface area contributed by atoms with Crippen LogP contribution in [-0.2, 0) is 0 Å². The highest BCUT2D eigenvalue weighted by Crippen LogP contribution is 2.38. The Morgan fingerprint density at radius 2 is 1.82 bits per heavy atom. The van der Waals surface area contributed by atoms with Gasteiger partial charge in [-0.15, -0.1) is 0 Å². The lowest BCUT2D eigenvalue weighted by atomic mass is 10.2. The average Bonchev–Trinajstić information content (AvgIpc) is 2.78. The molecule has 0 bridgehead atoms. The van der Waals surface area contributed by atoms with E-state index in [0.29, 0.717) is 0 Å². The molecule has 1 aromatic carbocycles. The third-order valence-corrected chi connectivity index (χ3v) is 3.65. The summed E-state index contributed by atoms with van der Waals surface area (Å²) in [7, 11) is 1.07. The second kappa shape index (κ2) is 2.95. The number of rotatable bonds is 2. The summed E-state index contributed by atoms with van der Waals surface area (Å²) in [5.41, 5.74) is 2.41. The van der Waals surface area contributed by atoms with Crippen LogP contribution in [0.3, 0.4) is 0 Å². The largest absolute Gasteiger partial charge is 0.0872 e. The zero-order chi connectivity index (χ0) is 7.68. The van der Waals surface area contributed by atoms with Gasteiger partial charge in [0.25, 0.3) is 0 Å². The van der Waals surface area contributed by atoms with Gasteiger partial charge in [0, 0.05) is 0 Å². The SMILES string of the molecule is Cc1ccc(PC2CC2)cc1. The van der Waals surface area contributed by atoms with E-state index in [0.717, 1.165) is 14.2 Å². The fourth-order valence-corrected chi connectivity index (χ4v) is 2.40.